The van der Waals surface area contributed by atoms with Crippen molar-refractivity contribution in [1.82, 2.24) is 15.1 Å². The zero-order chi connectivity index (χ0) is 13.5. The van der Waals surface area contributed by atoms with Crippen LogP contribution < -0.4 is 5.32 Å². The van der Waals surface area contributed by atoms with E-state index in [-0.39, 0.29) is 5.91 Å². The SMILES string of the molecule is O=C(CN1CC2CN3CCCCC3C2C1)NCC1CC1. The van der Waals surface area contributed by atoms with E-state index in [2.05, 4.69) is 15.1 Å². The van der Waals surface area contributed by atoms with Gasteiger partial charge in [-0.25, -0.2) is 0 Å². The van der Waals surface area contributed by atoms with Gasteiger partial charge < -0.3 is 5.32 Å². The van der Waals surface area contributed by atoms with Crippen molar-refractivity contribution in [3.63, 3.8) is 0 Å². The summed E-state index contributed by atoms with van der Waals surface area (Å²) in [5.41, 5.74) is 0. The molecule has 0 aromatic carbocycles. The fraction of sp³-hybridized carbons (Fsp3) is 0.938. The Hall–Kier alpha value is -0.610. The number of carbonyl (C=O) groups is 1. The van der Waals surface area contributed by atoms with Crippen molar-refractivity contribution in [2.24, 2.45) is 17.8 Å². The molecule has 0 aromatic heterocycles. The van der Waals surface area contributed by atoms with Crippen LogP contribution in [0.2, 0.25) is 0 Å². The van der Waals surface area contributed by atoms with E-state index in [4.69, 9.17) is 0 Å². The monoisotopic (exact) mass is 277 g/mol. The molecule has 3 aliphatic heterocycles. The van der Waals surface area contributed by atoms with Gasteiger partial charge in [0.1, 0.15) is 0 Å². The van der Waals surface area contributed by atoms with Gasteiger partial charge >= 0.3 is 0 Å². The van der Waals surface area contributed by atoms with Crippen LogP contribution in [0.5, 0.6) is 0 Å². The molecule has 3 atom stereocenters. The van der Waals surface area contributed by atoms with Crippen molar-refractivity contribution in [2.45, 2.75) is 38.1 Å². The lowest BCUT2D eigenvalue weighted by Gasteiger charge is -2.33. The average molecular weight is 277 g/mol. The van der Waals surface area contributed by atoms with Gasteiger partial charge in [-0.05, 0) is 50.0 Å². The lowest BCUT2D eigenvalue weighted by molar-refractivity contribution is -0.122. The van der Waals surface area contributed by atoms with E-state index in [1.807, 2.05) is 0 Å². The standard InChI is InChI=1S/C16H27N3O/c20-16(17-7-12-4-5-12)11-18-8-13-9-19-6-2-1-3-15(19)14(13)10-18/h12-15H,1-11H2,(H,17,20). The number of carbonyl (C=O) groups excluding carboxylic acids is 1. The molecular formula is C16H27N3O. The zero-order valence-electron chi connectivity index (χ0n) is 12.4. The molecule has 20 heavy (non-hydrogen) atoms. The number of nitrogens with one attached hydrogen (secondary N) is 1. The highest BCUT2D eigenvalue weighted by Crippen LogP contribution is 2.40. The molecule has 4 fully saturated rings. The predicted molar refractivity (Wildman–Crippen MR) is 78.4 cm³/mol. The molecular weight excluding hydrogens is 250 g/mol. The van der Waals surface area contributed by atoms with Gasteiger partial charge in [-0.2, -0.15) is 0 Å². The smallest absolute Gasteiger partial charge is 0.234 e. The van der Waals surface area contributed by atoms with Crippen LogP contribution in [0.1, 0.15) is 32.1 Å². The van der Waals surface area contributed by atoms with Gasteiger partial charge in [0.05, 0.1) is 6.54 Å². The molecule has 4 rings (SSSR count). The summed E-state index contributed by atoms with van der Waals surface area (Å²) in [5, 5.41) is 3.10. The Kier molecular flexibility index (Phi) is 3.47. The van der Waals surface area contributed by atoms with Crippen molar-refractivity contribution in [1.29, 1.82) is 0 Å². The molecule has 0 bridgehead atoms. The first-order valence-electron chi connectivity index (χ1n) is 8.52. The first-order chi connectivity index (χ1) is 9.79. The maximum atomic E-state index is 12.0. The predicted octanol–water partition coefficient (Wildman–Crippen LogP) is 0.929. The van der Waals surface area contributed by atoms with Crippen LogP contribution in [-0.2, 0) is 4.79 Å². The number of nitrogens with zero attached hydrogens (tertiary/aromatic N) is 2. The number of likely N-dealkylation sites (tertiary alicyclic amines) is 1. The second-order valence-corrected chi connectivity index (χ2v) is 7.42. The summed E-state index contributed by atoms with van der Waals surface area (Å²) in [7, 11) is 0. The molecule has 3 saturated heterocycles. The Bertz CT molecular complexity index is 382. The van der Waals surface area contributed by atoms with E-state index in [1.165, 1.54) is 45.2 Å². The summed E-state index contributed by atoms with van der Waals surface area (Å²) in [4.78, 5) is 17.1. The molecule has 4 nitrogen and oxygen atoms in total. The molecule has 0 radical (unpaired) electrons. The fourth-order valence-electron chi connectivity index (χ4n) is 4.62. The lowest BCUT2D eigenvalue weighted by atomic mass is 9.90. The summed E-state index contributed by atoms with van der Waals surface area (Å²) in [6.45, 7) is 6.45. The maximum absolute atomic E-state index is 12.0. The largest absolute Gasteiger partial charge is 0.355 e. The summed E-state index contributed by atoms with van der Waals surface area (Å²) >= 11 is 0. The molecule has 4 heteroatoms. The number of hydrogen-bond donors (Lipinski definition) is 1. The molecule has 1 amide bonds. The van der Waals surface area contributed by atoms with Crippen molar-refractivity contribution < 1.29 is 4.79 Å². The van der Waals surface area contributed by atoms with Gasteiger partial charge in [-0.3, -0.25) is 14.6 Å². The second kappa shape index (κ2) is 5.30. The van der Waals surface area contributed by atoms with E-state index in [0.717, 1.165) is 43.4 Å². The highest BCUT2D eigenvalue weighted by atomic mass is 16.2. The highest BCUT2D eigenvalue weighted by Gasteiger charge is 2.47. The minimum atomic E-state index is 0.248. The topological polar surface area (TPSA) is 35.6 Å². The second-order valence-electron chi connectivity index (χ2n) is 7.42. The molecule has 4 aliphatic rings. The molecule has 1 aliphatic carbocycles. The highest BCUT2D eigenvalue weighted by molar-refractivity contribution is 5.78. The van der Waals surface area contributed by atoms with E-state index in [9.17, 15) is 4.79 Å². The molecule has 3 heterocycles. The number of hydrogen-bond acceptors (Lipinski definition) is 3. The number of amides is 1. The number of rotatable bonds is 4. The Labute approximate surface area is 121 Å². The van der Waals surface area contributed by atoms with Crippen LogP contribution in [0.4, 0.5) is 0 Å². The van der Waals surface area contributed by atoms with Crippen LogP contribution in [0.15, 0.2) is 0 Å². The summed E-state index contributed by atoms with van der Waals surface area (Å²) in [6.07, 6.45) is 6.82. The molecule has 0 aromatic rings. The number of piperidine rings is 1. The molecule has 3 unspecified atom stereocenters. The quantitative estimate of drug-likeness (QED) is 0.830. The first kappa shape index (κ1) is 13.1. The van der Waals surface area contributed by atoms with Crippen molar-refractivity contribution in [2.75, 3.05) is 39.3 Å². The van der Waals surface area contributed by atoms with Crippen LogP contribution in [0.3, 0.4) is 0 Å². The Morgan fingerprint density at radius 2 is 2.00 bits per heavy atom. The van der Waals surface area contributed by atoms with Crippen LogP contribution in [0.25, 0.3) is 0 Å². The van der Waals surface area contributed by atoms with Crippen molar-refractivity contribution in [3.8, 4) is 0 Å². The van der Waals surface area contributed by atoms with Crippen LogP contribution in [-0.4, -0.2) is 61.0 Å². The van der Waals surface area contributed by atoms with Gasteiger partial charge in [0, 0.05) is 32.2 Å². The van der Waals surface area contributed by atoms with Gasteiger partial charge in [-0.15, -0.1) is 0 Å². The summed E-state index contributed by atoms with van der Waals surface area (Å²) < 4.78 is 0. The Morgan fingerprint density at radius 1 is 1.10 bits per heavy atom. The van der Waals surface area contributed by atoms with Gasteiger partial charge in [0.2, 0.25) is 5.91 Å². The molecule has 112 valence electrons. The van der Waals surface area contributed by atoms with Crippen molar-refractivity contribution >= 4 is 5.91 Å². The average Bonchev–Trinajstić information content (AvgIpc) is 3.10. The lowest BCUT2D eigenvalue weighted by Crippen LogP contribution is -2.42. The fourth-order valence-corrected chi connectivity index (χ4v) is 4.62. The third-order valence-electron chi connectivity index (χ3n) is 5.85. The van der Waals surface area contributed by atoms with Crippen LogP contribution in [0, 0.1) is 17.8 Å². The zero-order valence-corrected chi connectivity index (χ0v) is 12.4. The number of fused-ring (bicyclic) bond motifs is 3. The Balaban J connectivity index is 1.27. The van der Waals surface area contributed by atoms with Crippen LogP contribution >= 0.6 is 0 Å². The summed E-state index contributed by atoms with van der Waals surface area (Å²) in [6, 6.07) is 0.827. The summed E-state index contributed by atoms with van der Waals surface area (Å²) in [5.74, 6) is 2.70. The third-order valence-corrected chi connectivity index (χ3v) is 5.85. The normalized spacial score (nSPS) is 37.7. The molecule has 1 saturated carbocycles. The van der Waals surface area contributed by atoms with Gasteiger partial charge in [0.25, 0.3) is 0 Å². The van der Waals surface area contributed by atoms with E-state index >= 15 is 0 Å². The van der Waals surface area contributed by atoms with Gasteiger partial charge in [-0.1, -0.05) is 6.42 Å². The van der Waals surface area contributed by atoms with E-state index in [0.29, 0.717) is 6.54 Å². The minimum absolute atomic E-state index is 0.248. The van der Waals surface area contributed by atoms with E-state index in [1.54, 1.807) is 0 Å². The Morgan fingerprint density at radius 3 is 2.85 bits per heavy atom. The van der Waals surface area contributed by atoms with Crippen molar-refractivity contribution in [3.05, 3.63) is 0 Å². The molecule has 0 spiro atoms. The van der Waals surface area contributed by atoms with E-state index < -0.39 is 0 Å². The third kappa shape index (κ3) is 2.60. The maximum Gasteiger partial charge on any atom is 0.234 e. The first-order valence-corrected chi connectivity index (χ1v) is 8.52. The van der Waals surface area contributed by atoms with Gasteiger partial charge in [0.15, 0.2) is 0 Å². The minimum Gasteiger partial charge on any atom is -0.355 e. The molecule has 1 N–H and O–H groups in total.